The van der Waals surface area contributed by atoms with Crippen LogP contribution in [0, 0.1) is 0 Å². The van der Waals surface area contributed by atoms with Crippen LogP contribution >= 0.6 is 0 Å². The summed E-state index contributed by atoms with van der Waals surface area (Å²) >= 11 is 0. The molecule has 0 bridgehead atoms. The van der Waals surface area contributed by atoms with Gasteiger partial charge in [-0.1, -0.05) is 0 Å². The molecule has 1 atom stereocenters. The van der Waals surface area contributed by atoms with E-state index in [0.717, 1.165) is 38.9 Å². The van der Waals surface area contributed by atoms with Crippen molar-refractivity contribution in [2.24, 2.45) is 0 Å². The third kappa shape index (κ3) is 3.80. The minimum atomic E-state index is -0.335. The highest BCUT2D eigenvalue weighted by Crippen LogP contribution is 2.18. The van der Waals surface area contributed by atoms with Crippen molar-refractivity contribution in [2.45, 2.75) is 38.1 Å². The van der Waals surface area contributed by atoms with E-state index in [2.05, 4.69) is 16.0 Å². The second-order valence-corrected chi connectivity index (χ2v) is 4.43. The Hall–Kier alpha value is -0.610. The Bertz CT molecular complexity index is 200. The van der Waals surface area contributed by atoms with Crippen LogP contribution in [0.25, 0.3) is 0 Å². The van der Waals surface area contributed by atoms with Crippen LogP contribution in [-0.2, 0) is 4.79 Å². The van der Waals surface area contributed by atoms with Crippen LogP contribution in [0.1, 0.15) is 32.6 Å². The highest BCUT2D eigenvalue weighted by atomic mass is 16.2. The number of hydrogen-bond acceptors (Lipinski definition) is 3. The summed E-state index contributed by atoms with van der Waals surface area (Å²) < 4.78 is 0. The van der Waals surface area contributed by atoms with Crippen molar-refractivity contribution in [2.75, 3.05) is 26.7 Å². The Kier molecular flexibility index (Phi) is 5.05. The molecule has 0 aliphatic carbocycles. The van der Waals surface area contributed by atoms with Crippen molar-refractivity contribution in [3.8, 4) is 0 Å². The van der Waals surface area contributed by atoms with E-state index in [1.807, 2.05) is 14.0 Å². The maximum atomic E-state index is 11.9. The smallest absolute Gasteiger partial charge is 0.240 e. The molecule has 0 aromatic rings. The fourth-order valence-electron chi connectivity index (χ4n) is 1.91. The van der Waals surface area contributed by atoms with Gasteiger partial charge in [-0.2, -0.15) is 0 Å². The van der Waals surface area contributed by atoms with Crippen molar-refractivity contribution in [3.63, 3.8) is 0 Å². The first-order chi connectivity index (χ1) is 7.19. The summed E-state index contributed by atoms with van der Waals surface area (Å²) in [6.45, 7) is 4.67. The van der Waals surface area contributed by atoms with Crippen molar-refractivity contribution < 1.29 is 4.79 Å². The molecule has 1 fully saturated rings. The van der Waals surface area contributed by atoms with Crippen LogP contribution in [0.2, 0.25) is 0 Å². The van der Waals surface area contributed by atoms with Crippen LogP contribution in [0.4, 0.5) is 0 Å². The molecule has 4 nitrogen and oxygen atoms in total. The average Bonchev–Trinajstić information content (AvgIpc) is 2.25. The fraction of sp³-hybridized carbons (Fsp3) is 0.909. The topological polar surface area (TPSA) is 53.2 Å². The van der Waals surface area contributed by atoms with Crippen LogP contribution in [0.5, 0.6) is 0 Å². The van der Waals surface area contributed by atoms with Gasteiger partial charge in [0.2, 0.25) is 5.91 Å². The molecular weight excluding hydrogens is 190 g/mol. The van der Waals surface area contributed by atoms with Gasteiger partial charge in [0, 0.05) is 6.54 Å². The van der Waals surface area contributed by atoms with Crippen molar-refractivity contribution >= 4 is 5.91 Å². The summed E-state index contributed by atoms with van der Waals surface area (Å²) in [5.74, 6) is 0.151. The quantitative estimate of drug-likeness (QED) is 0.574. The number of hydrogen-bond donors (Lipinski definition) is 3. The summed E-state index contributed by atoms with van der Waals surface area (Å²) in [5.41, 5.74) is -0.335. The van der Waals surface area contributed by atoms with Crippen molar-refractivity contribution in [3.05, 3.63) is 0 Å². The van der Waals surface area contributed by atoms with Gasteiger partial charge in [0.1, 0.15) is 0 Å². The highest BCUT2D eigenvalue weighted by molar-refractivity contribution is 5.85. The number of carbonyl (C=O) groups is 1. The third-order valence-corrected chi connectivity index (χ3v) is 3.01. The Labute approximate surface area is 92.2 Å². The molecule has 1 unspecified atom stereocenters. The number of rotatable bonds is 5. The second-order valence-electron chi connectivity index (χ2n) is 4.43. The predicted octanol–water partition coefficient (Wildman–Crippen LogP) is 0.244. The van der Waals surface area contributed by atoms with Gasteiger partial charge in [-0.15, -0.1) is 0 Å². The van der Waals surface area contributed by atoms with Crippen molar-refractivity contribution in [1.82, 2.24) is 16.0 Å². The normalized spacial score (nSPS) is 26.3. The lowest BCUT2D eigenvalue weighted by Gasteiger charge is -2.33. The first-order valence-corrected chi connectivity index (χ1v) is 5.87. The molecule has 1 aliphatic heterocycles. The van der Waals surface area contributed by atoms with Crippen LogP contribution < -0.4 is 16.0 Å². The van der Waals surface area contributed by atoms with Gasteiger partial charge in [-0.25, -0.2) is 0 Å². The number of nitrogens with one attached hydrogen (secondary N) is 3. The molecule has 0 spiro atoms. The minimum absolute atomic E-state index is 0.151. The van der Waals surface area contributed by atoms with Gasteiger partial charge < -0.3 is 16.0 Å². The van der Waals surface area contributed by atoms with E-state index >= 15 is 0 Å². The lowest BCUT2D eigenvalue weighted by atomic mass is 9.90. The molecule has 1 rings (SSSR count). The van der Waals surface area contributed by atoms with Gasteiger partial charge in [-0.3, -0.25) is 4.79 Å². The molecular formula is C11H23N3O. The molecule has 4 heteroatoms. The second kappa shape index (κ2) is 6.08. The van der Waals surface area contributed by atoms with Gasteiger partial charge in [0.25, 0.3) is 0 Å². The summed E-state index contributed by atoms with van der Waals surface area (Å²) in [5, 5.41) is 9.36. The molecule has 0 aromatic heterocycles. The van der Waals surface area contributed by atoms with E-state index in [-0.39, 0.29) is 11.4 Å². The van der Waals surface area contributed by atoms with Gasteiger partial charge in [0.05, 0.1) is 5.54 Å². The van der Waals surface area contributed by atoms with E-state index in [0.29, 0.717) is 0 Å². The first-order valence-electron chi connectivity index (χ1n) is 5.87. The highest BCUT2D eigenvalue weighted by Gasteiger charge is 2.33. The zero-order valence-corrected chi connectivity index (χ0v) is 9.86. The molecule has 0 saturated carbocycles. The molecule has 1 aliphatic rings. The maximum Gasteiger partial charge on any atom is 0.240 e. The zero-order valence-electron chi connectivity index (χ0n) is 9.86. The zero-order chi connectivity index (χ0) is 11.1. The number of carbonyl (C=O) groups excluding carboxylic acids is 1. The van der Waals surface area contributed by atoms with E-state index < -0.39 is 0 Å². The molecule has 1 amide bonds. The molecule has 1 heterocycles. The van der Waals surface area contributed by atoms with E-state index in [9.17, 15) is 4.79 Å². The summed E-state index contributed by atoms with van der Waals surface area (Å²) in [6.07, 6.45) is 4.26. The number of amides is 1. The van der Waals surface area contributed by atoms with Crippen LogP contribution in [-0.4, -0.2) is 38.1 Å². The molecule has 0 aromatic carbocycles. The molecule has 1 saturated heterocycles. The van der Waals surface area contributed by atoms with E-state index in [1.165, 1.54) is 6.42 Å². The molecule has 3 N–H and O–H groups in total. The first kappa shape index (κ1) is 12.5. The molecule has 0 radical (unpaired) electrons. The standard InChI is InChI=1S/C11H23N3O/c1-11(6-3-4-9-14-11)10(15)13-8-5-7-12-2/h12,14H,3-9H2,1-2H3,(H,13,15). The third-order valence-electron chi connectivity index (χ3n) is 3.01. The van der Waals surface area contributed by atoms with Gasteiger partial charge in [0.15, 0.2) is 0 Å². The van der Waals surface area contributed by atoms with Crippen LogP contribution in [0.3, 0.4) is 0 Å². The van der Waals surface area contributed by atoms with Crippen molar-refractivity contribution in [1.29, 1.82) is 0 Å². The predicted molar refractivity (Wildman–Crippen MR) is 61.8 cm³/mol. The summed E-state index contributed by atoms with van der Waals surface area (Å²) in [4.78, 5) is 11.9. The van der Waals surface area contributed by atoms with E-state index in [1.54, 1.807) is 0 Å². The fourth-order valence-corrected chi connectivity index (χ4v) is 1.91. The Balaban J connectivity index is 2.25. The Morgan fingerprint density at radius 2 is 2.20 bits per heavy atom. The lowest BCUT2D eigenvalue weighted by molar-refractivity contribution is -0.127. The largest absolute Gasteiger partial charge is 0.354 e. The Morgan fingerprint density at radius 1 is 1.40 bits per heavy atom. The summed E-state index contributed by atoms with van der Waals surface area (Å²) in [7, 11) is 1.92. The Morgan fingerprint density at radius 3 is 2.80 bits per heavy atom. The lowest BCUT2D eigenvalue weighted by Crippen LogP contribution is -2.57. The van der Waals surface area contributed by atoms with Gasteiger partial charge in [-0.05, 0) is 52.7 Å². The minimum Gasteiger partial charge on any atom is -0.354 e. The maximum absolute atomic E-state index is 11.9. The average molecular weight is 213 g/mol. The monoisotopic (exact) mass is 213 g/mol. The summed E-state index contributed by atoms with van der Waals surface area (Å²) in [6, 6.07) is 0. The SMILES string of the molecule is CNCCCNC(=O)C1(C)CCCCN1. The number of piperidine rings is 1. The van der Waals surface area contributed by atoms with Gasteiger partial charge >= 0.3 is 0 Å². The van der Waals surface area contributed by atoms with E-state index in [4.69, 9.17) is 0 Å². The van der Waals surface area contributed by atoms with Crippen LogP contribution in [0.15, 0.2) is 0 Å². The molecule has 88 valence electrons. The molecule has 15 heavy (non-hydrogen) atoms.